The van der Waals surface area contributed by atoms with Crippen molar-refractivity contribution in [3.63, 3.8) is 0 Å². The summed E-state index contributed by atoms with van der Waals surface area (Å²) in [5.41, 5.74) is -0.0872. The van der Waals surface area contributed by atoms with E-state index >= 15 is 0 Å². The monoisotopic (exact) mass is 343 g/mol. The molecule has 112 valence electrons. The molecule has 0 saturated carbocycles. The topological polar surface area (TPSA) is 58.6 Å². The zero-order chi connectivity index (χ0) is 15.0. The number of para-hydroxylation sites is 1. The predicted molar refractivity (Wildman–Crippen MR) is 82.7 cm³/mol. The van der Waals surface area contributed by atoms with Crippen molar-refractivity contribution < 1.29 is 14.6 Å². The molecule has 0 saturated heterocycles. The molecule has 1 aromatic rings. The van der Waals surface area contributed by atoms with Crippen molar-refractivity contribution in [2.45, 2.75) is 26.7 Å². The first kappa shape index (κ1) is 17.0. The van der Waals surface area contributed by atoms with Gasteiger partial charge < -0.3 is 15.2 Å². The highest BCUT2D eigenvalue weighted by Gasteiger charge is 2.15. The van der Waals surface area contributed by atoms with Gasteiger partial charge in [0.1, 0.15) is 5.75 Å². The summed E-state index contributed by atoms with van der Waals surface area (Å²) in [5, 5.41) is 11.9. The number of rotatable bonds is 8. The molecule has 0 fully saturated rings. The van der Waals surface area contributed by atoms with Gasteiger partial charge in [-0.25, -0.2) is 0 Å². The Morgan fingerprint density at radius 3 is 2.75 bits per heavy atom. The lowest BCUT2D eigenvalue weighted by Gasteiger charge is -2.21. The molecule has 20 heavy (non-hydrogen) atoms. The first-order valence-electron chi connectivity index (χ1n) is 6.69. The molecule has 2 N–H and O–H groups in total. The van der Waals surface area contributed by atoms with Crippen LogP contribution in [0, 0.1) is 5.41 Å². The standard InChI is InChI=1S/C15H22BrNO3/c1-15(2,11-18)8-5-9-17-14(19)10-20-13-7-4-3-6-12(13)16/h3-4,6-7,18H,5,8-11H2,1-2H3,(H,17,19). The van der Waals surface area contributed by atoms with Crippen molar-refractivity contribution in [2.75, 3.05) is 19.8 Å². The highest BCUT2D eigenvalue weighted by molar-refractivity contribution is 9.10. The molecule has 0 spiro atoms. The minimum absolute atomic E-state index is 0.00596. The summed E-state index contributed by atoms with van der Waals surface area (Å²) in [5.74, 6) is 0.520. The maximum Gasteiger partial charge on any atom is 0.257 e. The lowest BCUT2D eigenvalue weighted by Crippen LogP contribution is -2.30. The van der Waals surface area contributed by atoms with Crippen molar-refractivity contribution >= 4 is 21.8 Å². The molecular weight excluding hydrogens is 322 g/mol. The predicted octanol–water partition coefficient (Wildman–Crippen LogP) is 2.74. The molecule has 4 nitrogen and oxygen atoms in total. The van der Waals surface area contributed by atoms with Crippen LogP contribution in [0.4, 0.5) is 0 Å². The molecule has 0 aliphatic rings. The second-order valence-electron chi connectivity index (χ2n) is 5.49. The normalized spacial score (nSPS) is 11.2. The molecule has 0 heterocycles. The fourth-order valence-corrected chi connectivity index (χ4v) is 2.03. The number of amides is 1. The number of benzene rings is 1. The Balaban J connectivity index is 2.20. The number of aliphatic hydroxyl groups excluding tert-OH is 1. The van der Waals surface area contributed by atoms with Crippen molar-refractivity contribution in [2.24, 2.45) is 5.41 Å². The van der Waals surface area contributed by atoms with Gasteiger partial charge >= 0.3 is 0 Å². The van der Waals surface area contributed by atoms with Gasteiger partial charge in [0.05, 0.1) is 4.47 Å². The van der Waals surface area contributed by atoms with Crippen LogP contribution >= 0.6 is 15.9 Å². The Bertz CT molecular complexity index is 435. The number of ether oxygens (including phenoxy) is 1. The van der Waals surface area contributed by atoms with Gasteiger partial charge in [-0.05, 0) is 46.3 Å². The Labute approximate surface area is 128 Å². The molecule has 1 rings (SSSR count). The maximum absolute atomic E-state index is 11.6. The van der Waals surface area contributed by atoms with E-state index in [0.717, 1.165) is 17.3 Å². The summed E-state index contributed by atoms with van der Waals surface area (Å²) < 4.78 is 6.25. The zero-order valence-electron chi connectivity index (χ0n) is 12.0. The summed E-state index contributed by atoms with van der Waals surface area (Å²) >= 11 is 3.36. The SMILES string of the molecule is CC(C)(CO)CCCNC(=O)COc1ccccc1Br. The van der Waals surface area contributed by atoms with E-state index in [9.17, 15) is 4.79 Å². The average Bonchev–Trinajstić information content (AvgIpc) is 2.43. The Morgan fingerprint density at radius 1 is 1.40 bits per heavy atom. The first-order chi connectivity index (χ1) is 9.44. The van der Waals surface area contributed by atoms with E-state index in [1.807, 2.05) is 32.0 Å². The number of hydrogen-bond donors (Lipinski definition) is 2. The summed E-state index contributed by atoms with van der Waals surface area (Å²) in [6, 6.07) is 7.42. The van der Waals surface area contributed by atoms with Crippen molar-refractivity contribution in [1.82, 2.24) is 5.32 Å². The molecule has 0 aromatic heterocycles. The molecule has 0 atom stereocenters. The largest absolute Gasteiger partial charge is 0.483 e. The van der Waals surface area contributed by atoms with Gasteiger partial charge in [0.2, 0.25) is 0 Å². The van der Waals surface area contributed by atoms with E-state index in [-0.39, 0.29) is 24.5 Å². The number of hydrogen-bond acceptors (Lipinski definition) is 3. The summed E-state index contributed by atoms with van der Waals surface area (Å²) in [6.45, 7) is 4.77. The smallest absolute Gasteiger partial charge is 0.257 e. The summed E-state index contributed by atoms with van der Waals surface area (Å²) in [6.07, 6.45) is 1.71. The van der Waals surface area contributed by atoms with E-state index < -0.39 is 0 Å². The molecular formula is C15H22BrNO3. The first-order valence-corrected chi connectivity index (χ1v) is 7.49. The third-order valence-corrected chi connectivity index (χ3v) is 3.63. The van der Waals surface area contributed by atoms with Gasteiger partial charge in [0.15, 0.2) is 6.61 Å². The van der Waals surface area contributed by atoms with Crippen LogP contribution in [0.3, 0.4) is 0 Å². The van der Waals surface area contributed by atoms with Gasteiger partial charge in [0.25, 0.3) is 5.91 Å². The Morgan fingerprint density at radius 2 is 2.10 bits per heavy atom. The van der Waals surface area contributed by atoms with Gasteiger partial charge in [-0.3, -0.25) is 4.79 Å². The summed E-state index contributed by atoms with van der Waals surface area (Å²) in [7, 11) is 0. The fourth-order valence-electron chi connectivity index (χ4n) is 1.63. The number of aliphatic hydroxyl groups is 1. The van der Waals surface area contributed by atoms with E-state index in [1.54, 1.807) is 6.07 Å². The molecule has 0 aliphatic heterocycles. The minimum Gasteiger partial charge on any atom is -0.483 e. The lowest BCUT2D eigenvalue weighted by atomic mass is 9.89. The number of carbonyl (C=O) groups is 1. The van der Waals surface area contributed by atoms with Crippen molar-refractivity contribution in [3.8, 4) is 5.75 Å². The van der Waals surface area contributed by atoms with Gasteiger partial charge in [0, 0.05) is 13.2 Å². The Hall–Kier alpha value is -1.07. The van der Waals surface area contributed by atoms with Crippen molar-refractivity contribution in [3.05, 3.63) is 28.7 Å². The Kier molecular flexibility index (Phi) is 7.02. The number of carbonyl (C=O) groups excluding carboxylic acids is 1. The fraction of sp³-hybridized carbons (Fsp3) is 0.533. The van der Waals surface area contributed by atoms with Crippen LogP contribution in [0.15, 0.2) is 28.7 Å². The van der Waals surface area contributed by atoms with E-state index in [4.69, 9.17) is 9.84 Å². The van der Waals surface area contributed by atoms with Crippen molar-refractivity contribution in [1.29, 1.82) is 0 Å². The zero-order valence-corrected chi connectivity index (χ0v) is 13.6. The third kappa shape index (κ3) is 6.39. The van der Waals surface area contributed by atoms with Crippen LogP contribution < -0.4 is 10.1 Å². The van der Waals surface area contributed by atoms with E-state index in [0.29, 0.717) is 12.3 Å². The van der Waals surface area contributed by atoms with Crippen LogP contribution in [0.25, 0.3) is 0 Å². The second-order valence-corrected chi connectivity index (χ2v) is 6.35. The van der Waals surface area contributed by atoms with Crippen LogP contribution in [0.5, 0.6) is 5.75 Å². The molecule has 5 heteroatoms. The number of halogens is 1. The minimum atomic E-state index is -0.137. The highest BCUT2D eigenvalue weighted by Crippen LogP contribution is 2.23. The quantitative estimate of drug-likeness (QED) is 0.713. The lowest BCUT2D eigenvalue weighted by molar-refractivity contribution is -0.123. The van der Waals surface area contributed by atoms with E-state index in [1.165, 1.54) is 0 Å². The van der Waals surface area contributed by atoms with Crippen LogP contribution in [0.1, 0.15) is 26.7 Å². The van der Waals surface area contributed by atoms with Crippen LogP contribution in [0.2, 0.25) is 0 Å². The average molecular weight is 344 g/mol. The number of nitrogens with one attached hydrogen (secondary N) is 1. The third-order valence-electron chi connectivity index (χ3n) is 2.98. The van der Waals surface area contributed by atoms with Gasteiger partial charge in [-0.1, -0.05) is 26.0 Å². The molecule has 1 aromatic carbocycles. The highest BCUT2D eigenvalue weighted by atomic mass is 79.9. The molecule has 0 radical (unpaired) electrons. The van der Waals surface area contributed by atoms with Gasteiger partial charge in [-0.15, -0.1) is 0 Å². The van der Waals surface area contributed by atoms with Crippen LogP contribution in [-0.2, 0) is 4.79 Å². The molecule has 1 amide bonds. The van der Waals surface area contributed by atoms with Crippen LogP contribution in [-0.4, -0.2) is 30.8 Å². The van der Waals surface area contributed by atoms with E-state index in [2.05, 4.69) is 21.2 Å². The molecule has 0 bridgehead atoms. The second kappa shape index (κ2) is 8.27. The molecule has 0 aliphatic carbocycles. The van der Waals surface area contributed by atoms with Gasteiger partial charge in [-0.2, -0.15) is 0 Å². The summed E-state index contributed by atoms with van der Waals surface area (Å²) in [4.78, 5) is 11.6. The molecule has 0 unspecified atom stereocenters. The maximum atomic E-state index is 11.6.